The van der Waals surface area contributed by atoms with Crippen LogP contribution in [0.25, 0.3) is 0 Å². The van der Waals surface area contributed by atoms with E-state index in [0.29, 0.717) is 12.6 Å². The summed E-state index contributed by atoms with van der Waals surface area (Å²) in [5.41, 5.74) is 4.63. The van der Waals surface area contributed by atoms with Crippen molar-refractivity contribution in [3.05, 3.63) is 77.6 Å². The molecule has 0 unspecified atom stereocenters. The van der Waals surface area contributed by atoms with Gasteiger partial charge in [-0.2, -0.15) is 0 Å². The lowest BCUT2D eigenvalue weighted by Crippen LogP contribution is -2.31. The standard InChI is InChI=1S/C22H24N4O/c1-2-27-20-10-6-7-17(13-20)15-26-12-11-21-18(16-26)14-23-22(25-21)24-19-8-4-3-5-9-19/h3-10,13-14H,2,11-12,15-16H2,1H3,(H,23,24,25). The first-order chi connectivity index (χ1) is 13.3. The van der Waals surface area contributed by atoms with Crippen LogP contribution in [-0.2, 0) is 19.5 Å². The zero-order valence-corrected chi connectivity index (χ0v) is 15.6. The van der Waals surface area contributed by atoms with Gasteiger partial charge >= 0.3 is 0 Å². The molecule has 0 atom stereocenters. The Balaban J connectivity index is 1.42. The third-order valence-corrected chi connectivity index (χ3v) is 4.66. The molecule has 0 aliphatic carbocycles. The Bertz CT molecular complexity index is 898. The molecule has 4 rings (SSSR count). The van der Waals surface area contributed by atoms with Gasteiger partial charge in [0, 0.05) is 43.5 Å². The number of para-hydroxylation sites is 1. The van der Waals surface area contributed by atoms with Gasteiger partial charge in [-0.25, -0.2) is 9.97 Å². The Kier molecular flexibility index (Phi) is 5.30. The molecule has 2 heterocycles. The van der Waals surface area contributed by atoms with Gasteiger partial charge in [-0.15, -0.1) is 0 Å². The summed E-state index contributed by atoms with van der Waals surface area (Å²) in [5.74, 6) is 1.60. The van der Waals surface area contributed by atoms with Gasteiger partial charge in [0.1, 0.15) is 5.75 Å². The van der Waals surface area contributed by atoms with Crippen molar-refractivity contribution in [3.8, 4) is 5.75 Å². The van der Waals surface area contributed by atoms with E-state index in [4.69, 9.17) is 9.72 Å². The van der Waals surface area contributed by atoms with E-state index in [9.17, 15) is 0 Å². The largest absolute Gasteiger partial charge is 0.494 e. The molecule has 5 nitrogen and oxygen atoms in total. The number of nitrogens with one attached hydrogen (secondary N) is 1. The fourth-order valence-electron chi connectivity index (χ4n) is 3.38. The number of fused-ring (bicyclic) bond motifs is 1. The first-order valence-electron chi connectivity index (χ1n) is 9.41. The minimum absolute atomic E-state index is 0.665. The maximum Gasteiger partial charge on any atom is 0.227 e. The number of hydrogen-bond acceptors (Lipinski definition) is 5. The Morgan fingerprint density at radius 3 is 2.85 bits per heavy atom. The van der Waals surface area contributed by atoms with Crippen molar-refractivity contribution in [2.45, 2.75) is 26.4 Å². The zero-order valence-electron chi connectivity index (χ0n) is 15.6. The van der Waals surface area contributed by atoms with E-state index in [-0.39, 0.29) is 0 Å². The second kappa shape index (κ2) is 8.18. The molecule has 138 valence electrons. The van der Waals surface area contributed by atoms with Gasteiger partial charge in [-0.3, -0.25) is 4.90 Å². The van der Waals surface area contributed by atoms with Gasteiger partial charge in [0.25, 0.3) is 0 Å². The average Bonchev–Trinajstić information content (AvgIpc) is 2.69. The van der Waals surface area contributed by atoms with Crippen LogP contribution in [0.4, 0.5) is 11.6 Å². The zero-order chi connectivity index (χ0) is 18.5. The molecule has 1 N–H and O–H groups in total. The Morgan fingerprint density at radius 2 is 2.00 bits per heavy atom. The van der Waals surface area contributed by atoms with Crippen LogP contribution in [0.3, 0.4) is 0 Å². The van der Waals surface area contributed by atoms with E-state index >= 15 is 0 Å². The van der Waals surface area contributed by atoms with Crippen molar-refractivity contribution in [3.63, 3.8) is 0 Å². The second-order valence-corrected chi connectivity index (χ2v) is 6.70. The summed E-state index contributed by atoms with van der Waals surface area (Å²) >= 11 is 0. The predicted molar refractivity (Wildman–Crippen MR) is 107 cm³/mol. The molecule has 0 amide bonds. The van der Waals surface area contributed by atoms with E-state index < -0.39 is 0 Å². The highest BCUT2D eigenvalue weighted by molar-refractivity contribution is 5.52. The monoisotopic (exact) mass is 360 g/mol. The molecule has 1 aromatic heterocycles. The van der Waals surface area contributed by atoms with Crippen molar-refractivity contribution in [2.75, 3.05) is 18.5 Å². The molecule has 1 aliphatic heterocycles. The molecule has 0 saturated heterocycles. The lowest BCUT2D eigenvalue weighted by Gasteiger charge is -2.28. The van der Waals surface area contributed by atoms with Gasteiger partial charge in [0.2, 0.25) is 5.95 Å². The molecule has 1 aliphatic rings. The maximum atomic E-state index is 5.61. The summed E-state index contributed by atoms with van der Waals surface area (Å²) in [4.78, 5) is 11.6. The lowest BCUT2D eigenvalue weighted by molar-refractivity contribution is 0.242. The van der Waals surface area contributed by atoms with Crippen LogP contribution >= 0.6 is 0 Å². The van der Waals surface area contributed by atoms with Crippen LogP contribution in [0.15, 0.2) is 60.8 Å². The van der Waals surface area contributed by atoms with Crippen LogP contribution in [-0.4, -0.2) is 28.0 Å². The molecule has 3 aromatic rings. The normalized spacial score (nSPS) is 13.8. The molecule has 0 saturated carbocycles. The van der Waals surface area contributed by atoms with Crippen molar-refractivity contribution in [1.82, 2.24) is 14.9 Å². The molecule has 2 aromatic carbocycles. The Hall–Kier alpha value is -2.92. The highest BCUT2D eigenvalue weighted by Gasteiger charge is 2.18. The summed E-state index contributed by atoms with van der Waals surface area (Å²) in [6.07, 6.45) is 2.89. The highest BCUT2D eigenvalue weighted by Crippen LogP contribution is 2.22. The number of rotatable bonds is 6. The average molecular weight is 360 g/mol. The van der Waals surface area contributed by atoms with Crippen LogP contribution in [0.2, 0.25) is 0 Å². The van der Waals surface area contributed by atoms with Gasteiger partial charge < -0.3 is 10.1 Å². The second-order valence-electron chi connectivity index (χ2n) is 6.70. The lowest BCUT2D eigenvalue weighted by atomic mass is 10.1. The minimum Gasteiger partial charge on any atom is -0.494 e. The Morgan fingerprint density at radius 1 is 1.11 bits per heavy atom. The molecule has 0 radical (unpaired) electrons. The van der Waals surface area contributed by atoms with Crippen LogP contribution < -0.4 is 10.1 Å². The number of anilines is 2. The summed E-state index contributed by atoms with van der Waals surface area (Å²) in [5, 5.41) is 3.27. The molecular weight excluding hydrogens is 336 g/mol. The number of hydrogen-bond donors (Lipinski definition) is 1. The van der Waals surface area contributed by atoms with E-state index in [2.05, 4.69) is 33.4 Å². The fraction of sp³-hybridized carbons (Fsp3) is 0.273. The maximum absolute atomic E-state index is 5.61. The van der Waals surface area contributed by atoms with E-state index in [0.717, 1.165) is 43.2 Å². The third-order valence-electron chi connectivity index (χ3n) is 4.66. The number of nitrogens with zero attached hydrogens (tertiary/aromatic N) is 3. The van der Waals surface area contributed by atoms with Crippen molar-refractivity contribution in [2.24, 2.45) is 0 Å². The smallest absolute Gasteiger partial charge is 0.227 e. The molecule has 0 fully saturated rings. The van der Waals surface area contributed by atoms with Gasteiger partial charge in [0.05, 0.1) is 12.3 Å². The van der Waals surface area contributed by atoms with E-state index in [1.54, 1.807) is 0 Å². The number of benzene rings is 2. The minimum atomic E-state index is 0.665. The molecular formula is C22H24N4O. The fourth-order valence-corrected chi connectivity index (χ4v) is 3.38. The van der Waals surface area contributed by atoms with Gasteiger partial charge in [-0.05, 0) is 36.8 Å². The van der Waals surface area contributed by atoms with E-state index in [1.807, 2.05) is 49.5 Å². The van der Waals surface area contributed by atoms with Gasteiger partial charge in [-0.1, -0.05) is 30.3 Å². The highest BCUT2D eigenvalue weighted by atomic mass is 16.5. The van der Waals surface area contributed by atoms with Crippen LogP contribution in [0, 0.1) is 0 Å². The molecule has 0 bridgehead atoms. The van der Waals surface area contributed by atoms with Crippen LogP contribution in [0.1, 0.15) is 23.7 Å². The summed E-state index contributed by atoms with van der Waals surface area (Å²) < 4.78 is 5.61. The summed E-state index contributed by atoms with van der Waals surface area (Å²) in [6.45, 7) is 5.48. The topological polar surface area (TPSA) is 50.3 Å². The predicted octanol–water partition coefficient (Wildman–Crippen LogP) is 4.18. The number of ether oxygens (including phenoxy) is 1. The Labute approximate surface area is 160 Å². The van der Waals surface area contributed by atoms with Crippen molar-refractivity contribution < 1.29 is 4.74 Å². The molecule has 0 spiro atoms. The molecule has 5 heteroatoms. The summed E-state index contributed by atoms with van der Waals surface area (Å²) in [6, 6.07) is 18.4. The first kappa shape index (κ1) is 17.5. The summed E-state index contributed by atoms with van der Waals surface area (Å²) in [7, 11) is 0. The van der Waals surface area contributed by atoms with E-state index in [1.165, 1.54) is 11.1 Å². The quantitative estimate of drug-likeness (QED) is 0.715. The van der Waals surface area contributed by atoms with Crippen molar-refractivity contribution in [1.29, 1.82) is 0 Å². The first-order valence-corrected chi connectivity index (χ1v) is 9.41. The molecule has 27 heavy (non-hydrogen) atoms. The number of aromatic nitrogens is 2. The SMILES string of the molecule is CCOc1cccc(CN2CCc3nc(Nc4ccccc4)ncc3C2)c1. The van der Waals surface area contributed by atoms with Crippen molar-refractivity contribution >= 4 is 11.6 Å². The van der Waals surface area contributed by atoms with Crippen LogP contribution in [0.5, 0.6) is 5.75 Å². The third kappa shape index (κ3) is 4.44. The van der Waals surface area contributed by atoms with Gasteiger partial charge in [0.15, 0.2) is 0 Å².